The summed E-state index contributed by atoms with van der Waals surface area (Å²) in [5.41, 5.74) is 4.24. The zero-order chi connectivity index (χ0) is 19.3. The number of fused-ring (bicyclic) bond motifs is 1. The van der Waals surface area contributed by atoms with Crippen molar-refractivity contribution in [2.24, 2.45) is 0 Å². The Hall–Kier alpha value is -2.32. The number of benzene rings is 3. The molecule has 140 valence electrons. The van der Waals surface area contributed by atoms with Gasteiger partial charge in [0.15, 0.2) is 11.0 Å². The molecule has 6 heteroatoms. The van der Waals surface area contributed by atoms with Crippen LogP contribution in [-0.2, 0) is 11.3 Å². The van der Waals surface area contributed by atoms with Gasteiger partial charge in [0.05, 0.1) is 5.75 Å². The second-order valence-corrected chi connectivity index (χ2v) is 8.57. The van der Waals surface area contributed by atoms with Gasteiger partial charge in [-0.1, -0.05) is 42.5 Å². The average molecular weight is 500 g/mol. The number of halogens is 1. The van der Waals surface area contributed by atoms with Crippen LogP contribution in [0.25, 0.3) is 11.0 Å². The zero-order valence-corrected chi connectivity index (χ0v) is 18.0. The molecule has 4 rings (SSSR count). The molecule has 4 nitrogen and oxygen atoms in total. The summed E-state index contributed by atoms with van der Waals surface area (Å²) in [6, 6.07) is 26.4. The van der Waals surface area contributed by atoms with Crippen LogP contribution in [0.1, 0.15) is 5.56 Å². The maximum atomic E-state index is 12.4. The Morgan fingerprint density at radius 3 is 2.46 bits per heavy atom. The van der Waals surface area contributed by atoms with Crippen LogP contribution in [0.3, 0.4) is 0 Å². The molecule has 4 aromatic rings. The Morgan fingerprint density at radius 1 is 0.964 bits per heavy atom. The molecular formula is C22H19IN3OS+. The van der Waals surface area contributed by atoms with Gasteiger partial charge in [-0.05, 0) is 76.3 Å². The molecule has 0 aliphatic carbocycles. The van der Waals surface area contributed by atoms with E-state index < -0.39 is 0 Å². The number of carbonyl (C=O) groups excluding carboxylic acids is 1. The van der Waals surface area contributed by atoms with Gasteiger partial charge in [-0.2, -0.15) is 0 Å². The van der Waals surface area contributed by atoms with Gasteiger partial charge in [0.1, 0.15) is 6.54 Å². The summed E-state index contributed by atoms with van der Waals surface area (Å²) in [7, 11) is 0. The number of aromatic amines is 1. The van der Waals surface area contributed by atoms with E-state index in [4.69, 9.17) is 0 Å². The summed E-state index contributed by atoms with van der Waals surface area (Å²) in [6.07, 6.45) is 0. The van der Waals surface area contributed by atoms with Gasteiger partial charge in [-0.3, -0.25) is 4.79 Å². The lowest BCUT2D eigenvalue weighted by molar-refractivity contribution is -0.700. The Morgan fingerprint density at radius 2 is 1.68 bits per heavy atom. The van der Waals surface area contributed by atoms with E-state index in [1.165, 1.54) is 17.3 Å². The summed E-state index contributed by atoms with van der Waals surface area (Å²) >= 11 is 3.77. The van der Waals surface area contributed by atoms with Gasteiger partial charge >= 0.3 is 5.16 Å². The third-order valence-electron chi connectivity index (χ3n) is 4.33. The van der Waals surface area contributed by atoms with E-state index in [1.54, 1.807) is 0 Å². The first-order valence-electron chi connectivity index (χ1n) is 8.92. The summed E-state index contributed by atoms with van der Waals surface area (Å²) in [6.45, 7) is 0.756. The minimum atomic E-state index is -0.0175. The van der Waals surface area contributed by atoms with Crippen molar-refractivity contribution in [2.45, 2.75) is 11.7 Å². The smallest absolute Gasteiger partial charge is 0.317 e. The largest absolute Gasteiger partial charge is 0.325 e. The molecule has 0 spiro atoms. The Bertz CT molecular complexity index is 1090. The van der Waals surface area contributed by atoms with Gasteiger partial charge < -0.3 is 5.32 Å². The van der Waals surface area contributed by atoms with Crippen molar-refractivity contribution in [3.05, 3.63) is 88.0 Å². The van der Waals surface area contributed by atoms with Crippen LogP contribution >= 0.6 is 34.4 Å². The van der Waals surface area contributed by atoms with E-state index >= 15 is 0 Å². The fourth-order valence-corrected chi connectivity index (χ4v) is 4.21. The molecule has 0 saturated carbocycles. The number of nitrogens with one attached hydrogen (secondary N) is 2. The first-order valence-corrected chi connectivity index (χ1v) is 11.0. The van der Waals surface area contributed by atoms with Gasteiger partial charge in [0.2, 0.25) is 5.91 Å². The summed E-state index contributed by atoms with van der Waals surface area (Å²) in [4.78, 5) is 15.9. The van der Waals surface area contributed by atoms with E-state index in [0.717, 1.165) is 32.0 Å². The number of aromatic nitrogens is 2. The Kier molecular flexibility index (Phi) is 5.97. The number of para-hydroxylation sites is 2. The van der Waals surface area contributed by atoms with Crippen LogP contribution in [0.15, 0.2) is 84.0 Å². The van der Waals surface area contributed by atoms with Crippen molar-refractivity contribution in [2.75, 3.05) is 11.1 Å². The quantitative estimate of drug-likeness (QED) is 0.226. The molecule has 1 aromatic heterocycles. The normalized spacial score (nSPS) is 10.9. The zero-order valence-electron chi connectivity index (χ0n) is 15.1. The molecule has 0 fully saturated rings. The van der Waals surface area contributed by atoms with Crippen molar-refractivity contribution >= 4 is 57.0 Å². The number of carbonyl (C=O) groups is 1. The molecule has 0 unspecified atom stereocenters. The molecule has 2 N–H and O–H groups in total. The van der Waals surface area contributed by atoms with Crippen molar-refractivity contribution in [1.82, 2.24) is 4.98 Å². The van der Waals surface area contributed by atoms with Crippen molar-refractivity contribution < 1.29 is 9.36 Å². The Balaban J connectivity index is 1.52. The van der Waals surface area contributed by atoms with Crippen LogP contribution < -0.4 is 9.88 Å². The van der Waals surface area contributed by atoms with E-state index in [0.29, 0.717) is 5.75 Å². The predicted molar refractivity (Wildman–Crippen MR) is 123 cm³/mol. The lowest BCUT2D eigenvalue weighted by Gasteiger charge is -2.05. The van der Waals surface area contributed by atoms with Crippen molar-refractivity contribution in [3.8, 4) is 0 Å². The number of H-pyrrole nitrogens is 1. The van der Waals surface area contributed by atoms with Crippen LogP contribution in [0, 0.1) is 3.57 Å². The third-order valence-corrected chi connectivity index (χ3v) is 6.05. The molecule has 28 heavy (non-hydrogen) atoms. The highest BCUT2D eigenvalue weighted by Gasteiger charge is 2.20. The van der Waals surface area contributed by atoms with Crippen LogP contribution in [0.5, 0.6) is 0 Å². The number of amides is 1. The van der Waals surface area contributed by atoms with Crippen LogP contribution in [0.2, 0.25) is 0 Å². The van der Waals surface area contributed by atoms with Crippen molar-refractivity contribution in [1.29, 1.82) is 0 Å². The maximum absolute atomic E-state index is 12.4. The molecule has 0 atom stereocenters. The predicted octanol–water partition coefficient (Wildman–Crippen LogP) is 4.84. The number of hydrogen-bond acceptors (Lipinski definition) is 2. The second kappa shape index (κ2) is 8.79. The molecule has 0 aliphatic heterocycles. The average Bonchev–Trinajstić information content (AvgIpc) is 3.06. The standard InChI is InChI=1S/C22H18IN3OS/c23-17-10-12-18(13-11-17)24-21(27)15-28-22-25-19-8-4-5-9-20(19)26(22)14-16-6-2-1-3-7-16/h1-13H,14-15H2,(H,24,27)/p+1. The van der Waals surface area contributed by atoms with Crippen molar-refractivity contribution in [3.63, 3.8) is 0 Å². The highest BCUT2D eigenvalue weighted by atomic mass is 127. The fraction of sp³-hybridized carbons (Fsp3) is 0.0909. The molecular weight excluding hydrogens is 481 g/mol. The molecule has 0 aliphatic rings. The minimum Gasteiger partial charge on any atom is -0.325 e. The fourth-order valence-electron chi connectivity index (χ4n) is 3.01. The molecule has 0 bridgehead atoms. The van der Waals surface area contributed by atoms with E-state index in [-0.39, 0.29) is 5.91 Å². The molecule has 3 aromatic carbocycles. The second-order valence-electron chi connectivity index (χ2n) is 6.36. The van der Waals surface area contributed by atoms with E-state index in [1.807, 2.05) is 54.6 Å². The summed E-state index contributed by atoms with van der Waals surface area (Å²) in [5.74, 6) is 0.323. The summed E-state index contributed by atoms with van der Waals surface area (Å²) < 4.78 is 3.37. The highest BCUT2D eigenvalue weighted by molar-refractivity contribution is 14.1. The lowest BCUT2D eigenvalue weighted by atomic mass is 10.2. The monoisotopic (exact) mass is 500 g/mol. The minimum absolute atomic E-state index is 0.0175. The maximum Gasteiger partial charge on any atom is 0.317 e. The SMILES string of the molecule is O=C(CSc1[nH]c2ccccc2[n+]1Cc1ccccc1)Nc1ccc(I)cc1. The molecule has 1 heterocycles. The first kappa shape index (κ1) is 19.0. The third kappa shape index (κ3) is 4.56. The van der Waals surface area contributed by atoms with Gasteiger partial charge in [-0.25, -0.2) is 9.55 Å². The molecule has 0 radical (unpaired) electrons. The molecule has 1 amide bonds. The van der Waals surface area contributed by atoms with Gasteiger partial charge in [0.25, 0.3) is 0 Å². The van der Waals surface area contributed by atoms with Gasteiger partial charge in [-0.15, -0.1) is 0 Å². The Labute approximate surface area is 181 Å². The number of thioether (sulfide) groups is 1. The van der Waals surface area contributed by atoms with E-state index in [9.17, 15) is 4.79 Å². The first-order chi connectivity index (χ1) is 13.7. The molecule has 0 saturated heterocycles. The highest BCUT2D eigenvalue weighted by Crippen LogP contribution is 2.19. The number of rotatable bonds is 6. The topological polar surface area (TPSA) is 48.8 Å². The van der Waals surface area contributed by atoms with E-state index in [2.05, 4.69) is 61.7 Å². The number of hydrogen-bond donors (Lipinski definition) is 2. The number of imidazole rings is 1. The summed E-state index contributed by atoms with van der Waals surface area (Å²) in [5, 5.41) is 3.93. The van der Waals surface area contributed by atoms with Crippen LogP contribution in [0.4, 0.5) is 5.69 Å². The number of nitrogens with zero attached hydrogens (tertiary/aromatic N) is 1. The lowest BCUT2D eigenvalue weighted by Crippen LogP contribution is -2.35. The van der Waals surface area contributed by atoms with Crippen LogP contribution in [-0.4, -0.2) is 16.6 Å². The number of anilines is 1. The van der Waals surface area contributed by atoms with Gasteiger partial charge in [0, 0.05) is 9.26 Å².